The van der Waals surface area contributed by atoms with Crippen LogP contribution in [0, 0.1) is 12.8 Å². The number of hydrogen-bond acceptors (Lipinski definition) is 3. The molecule has 0 aliphatic heterocycles. The zero-order valence-corrected chi connectivity index (χ0v) is 10.1. The van der Waals surface area contributed by atoms with E-state index in [1.54, 1.807) is 0 Å². The van der Waals surface area contributed by atoms with Crippen molar-refractivity contribution in [3.8, 4) is 0 Å². The third kappa shape index (κ3) is 2.05. The summed E-state index contributed by atoms with van der Waals surface area (Å²) in [7, 11) is 0. The van der Waals surface area contributed by atoms with Gasteiger partial charge in [0, 0.05) is 5.75 Å². The molecule has 1 heterocycles. The number of para-hydroxylation sites is 2. The highest BCUT2D eigenvalue weighted by Gasteiger charge is 2.21. The molecule has 16 heavy (non-hydrogen) atoms. The first-order valence-corrected chi connectivity index (χ1v) is 6.67. The largest absolute Gasteiger partial charge is 0.249 e. The summed E-state index contributed by atoms with van der Waals surface area (Å²) in [6, 6.07) is 8.07. The van der Waals surface area contributed by atoms with E-state index in [4.69, 9.17) is 0 Å². The van der Waals surface area contributed by atoms with Crippen molar-refractivity contribution >= 4 is 22.8 Å². The van der Waals surface area contributed by atoms with E-state index in [1.807, 2.05) is 36.0 Å². The van der Waals surface area contributed by atoms with Gasteiger partial charge in [-0.15, -0.1) is 11.8 Å². The van der Waals surface area contributed by atoms with Crippen LogP contribution in [-0.2, 0) is 0 Å². The summed E-state index contributed by atoms with van der Waals surface area (Å²) in [5.41, 5.74) is 3.06. The van der Waals surface area contributed by atoms with Gasteiger partial charge >= 0.3 is 0 Å². The third-order valence-corrected chi connectivity index (χ3v) is 4.15. The average Bonchev–Trinajstić information content (AvgIpc) is 3.10. The highest BCUT2D eigenvalue weighted by atomic mass is 32.2. The second-order valence-corrected chi connectivity index (χ2v) is 5.37. The molecular weight excluding hydrogens is 216 g/mol. The topological polar surface area (TPSA) is 25.8 Å². The van der Waals surface area contributed by atoms with Crippen molar-refractivity contribution in [2.24, 2.45) is 5.92 Å². The van der Waals surface area contributed by atoms with Crippen LogP contribution < -0.4 is 0 Å². The number of benzene rings is 1. The smallest absolute Gasteiger partial charge is 0.118 e. The fraction of sp³-hybridized carbons (Fsp3) is 0.385. The van der Waals surface area contributed by atoms with Crippen LogP contribution in [0.5, 0.6) is 0 Å². The number of thioether (sulfide) groups is 1. The summed E-state index contributed by atoms with van der Waals surface area (Å²) >= 11 is 1.86. The van der Waals surface area contributed by atoms with E-state index in [1.165, 1.54) is 18.6 Å². The Kier molecular flexibility index (Phi) is 2.56. The number of aromatic nitrogens is 2. The van der Waals surface area contributed by atoms with Gasteiger partial charge < -0.3 is 0 Å². The summed E-state index contributed by atoms with van der Waals surface area (Å²) in [5.74, 6) is 2.13. The van der Waals surface area contributed by atoms with Crippen molar-refractivity contribution in [2.75, 3.05) is 5.75 Å². The van der Waals surface area contributed by atoms with E-state index in [-0.39, 0.29) is 0 Å². The molecule has 0 spiro atoms. The molecule has 82 valence electrons. The second-order valence-electron chi connectivity index (χ2n) is 4.36. The third-order valence-electron chi connectivity index (χ3n) is 2.85. The van der Waals surface area contributed by atoms with Crippen LogP contribution in [0.15, 0.2) is 29.3 Å². The summed E-state index contributed by atoms with van der Waals surface area (Å²) in [4.78, 5) is 9.27. The first-order chi connectivity index (χ1) is 7.83. The quantitative estimate of drug-likeness (QED) is 0.755. The van der Waals surface area contributed by atoms with Gasteiger partial charge in [-0.05, 0) is 37.8 Å². The molecule has 0 bridgehead atoms. The van der Waals surface area contributed by atoms with Crippen molar-refractivity contribution in [3.05, 3.63) is 30.0 Å². The van der Waals surface area contributed by atoms with Crippen LogP contribution in [0.4, 0.5) is 0 Å². The van der Waals surface area contributed by atoms with Gasteiger partial charge in [-0.3, -0.25) is 0 Å². The number of fused-ring (bicyclic) bond motifs is 1. The fourth-order valence-corrected chi connectivity index (χ4v) is 2.83. The lowest BCUT2D eigenvalue weighted by molar-refractivity contribution is 0.982. The fourth-order valence-electron chi connectivity index (χ4n) is 1.69. The summed E-state index contributed by atoms with van der Waals surface area (Å²) < 4.78 is 0. The van der Waals surface area contributed by atoms with E-state index in [0.717, 1.165) is 27.7 Å². The molecule has 0 atom stereocenters. The predicted octanol–water partition coefficient (Wildman–Crippen LogP) is 3.44. The van der Waals surface area contributed by atoms with Crippen LogP contribution in [-0.4, -0.2) is 15.7 Å². The Labute approximate surface area is 99.5 Å². The summed E-state index contributed by atoms with van der Waals surface area (Å²) in [5, 5.41) is 1.10. The lowest BCUT2D eigenvalue weighted by Crippen LogP contribution is -1.94. The molecule has 2 nitrogen and oxygen atoms in total. The number of aryl methyl sites for hydroxylation is 1. The van der Waals surface area contributed by atoms with E-state index >= 15 is 0 Å². The highest BCUT2D eigenvalue weighted by molar-refractivity contribution is 7.99. The summed E-state index contributed by atoms with van der Waals surface area (Å²) in [6.45, 7) is 2.05. The van der Waals surface area contributed by atoms with Crippen molar-refractivity contribution in [1.29, 1.82) is 0 Å². The lowest BCUT2D eigenvalue weighted by Gasteiger charge is -2.05. The Hall–Kier alpha value is -1.09. The van der Waals surface area contributed by atoms with Gasteiger partial charge in [-0.1, -0.05) is 12.1 Å². The molecule has 1 fully saturated rings. The maximum Gasteiger partial charge on any atom is 0.118 e. The molecule has 3 rings (SSSR count). The molecule has 1 aliphatic rings. The molecule has 0 unspecified atom stereocenters. The van der Waals surface area contributed by atoms with Gasteiger partial charge in [0.25, 0.3) is 0 Å². The van der Waals surface area contributed by atoms with Crippen LogP contribution in [0.2, 0.25) is 0 Å². The highest BCUT2D eigenvalue weighted by Crippen LogP contribution is 2.35. The van der Waals surface area contributed by atoms with E-state index < -0.39 is 0 Å². The zero-order chi connectivity index (χ0) is 11.0. The second kappa shape index (κ2) is 4.06. The van der Waals surface area contributed by atoms with Gasteiger partial charge in [-0.25, -0.2) is 9.97 Å². The van der Waals surface area contributed by atoms with Crippen molar-refractivity contribution in [2.45, 2.75) is 24.8 Å². The van der Waals surface area contributed by atoms with Crippen LogP contribution in [0.3, 0.4) is 0 Å². The molecule has 0 N–H and O–H groups in total. The standard InChI is InChI=1S/C13H14N2S/c1-9-13(16-8-10-6-7-10)15-12-5-3-2-4-11(12)14-9/h2-5,10H,6-8H2,1H3. The SMILES string of the molecule is Cc1nc2ccccc2nc1SCC1CC1. The van der Waals surface area contributed by atoms with Gasteiger partial charge in [0.15, 0.2) is 0 Å². The first-order valence-electron chi connectivity index (χ1n) is 5.69. The number of nitrogens with zero attached hydrogens (tertiary/aromatic N) is 2. The molecule has 1 aliphatic carbocycles. The van der Waals surface area contributed by atoms with Crippen molar-refractivity contribution in [1.82, 2.24) is 9.97 Å². The predicted molar refractivity (Wildman–Crippen MR) is 67.7 cm³/mol. The first kappa shape index (κ1) is 10.1. The Morgan fingerprint density at radius 3 is 2.56 bits per heavy atom. The van der Waals surface area contributed by atoms with Crippen molar-refractivity contribution < 1.29 is 0 Å². The minimum absolute atomic E-state index is 0.928. The van der Waals surface area contributed by atoms with E-state index in [9.17, 15) is 0 Å². The average molecular weight is 230 g/mol. The Morgan fingerprint density at radius 1 is 1.19 bits per heavy atom. The molecule has 0 saturated heterocycles. The van der Waals surface area contributed by atoms with Gasteiger partial charge in [0.05, 0.1) is 16.7 Å². The van der Waals surface area contributed by atoms with Gasteiger partial charge in [0.1, 0.15) is 5.03 Å². The minimum atomic E-state index is 0.928. The van der Waals surface area contributed by atoms with Gasteiger partial charge in [0.2, 0.25) is 0 Å². The normalized spacial score (nSPS) is 15.6. The van der Waals surface area contributed by atoms with E-state index in [0.29, 0.717) is 0 Å². The molecule has 1 saturated carbocycles. The minimum Gasteiger partial charge on any atom is -0.249 e. The monoisotopic (exact) mass is 230 g/mol. The molecule has 2 aromatic rings. The molecule has 0 amide bonds. The summed E-state index contributed by atoms with van der Waals surface area (Å²) in [6.07, 6.45) is 2.79. The molecule has 0 radical (unpaired) electrons. The van der Waals surface area contributed by atoms with Crippen LogP contribution >= 0.6 is 11.8 Å². The number of rotatable bonds is 3. The molecule has 3 heteroatoms. The molecular formula is C13H14N2S. The Bertz CT molecular complexity index is 520. The van der Waals surface area contributed by atoms with E-state index in [2.05, 4.69) is 16.9 Å². The van der Waals surface area contributed by atoms with Crippen LogP contribution in [0.25, 0.3) is 11.0 Å². The van der Waals surface area contributed by atoms with Gasteiger partial charge in [-0.2, -0.15) is 0 Å². The Balaban J connectivity index is 1.93. The Morgan fingerprint density at radius 2 is 1.88 bits per heavy atom. The maximum absolute atomic E-state index is 4.67. The molecule has 1 aromatic carbocycles. The lowest BCUT2D eigenvalue weighted by atomic mass is 10.3. The maximum atomic E-state index is 4.67. The molecule has 1 aromatic heterocycles. The number of hydrogen-bond donors (Lipinski definition) is 0. The zero-order valence-electron chi connectivity index (χ0n) is 9.31. The van der Waals surface area contributed by atoms with Crippen molar-refractivity contribution in [3.63, 3.8) is 0 Å². The van der Waals surface area contributed by atoms with Crippen LogP contribution in [0.1, 0.15) is 18.5 Å².